The highest BCUT2D eigenvalue weighted by Gasteiger charge is 2.15. The number of rotatable bonds is 18. The molecule has 0 aromatic heterocycles. The summed E-state index contributed by atoms with van der Waals surface area (Å²) in [4.78, 5) is 50.1. The minimum absolute atomic E-state index is 0.114. The van der Waals surface area contributed by atoms with Crippen LogP contribution in [0, 0.1) is 0 Å². The Morgan fingerprint density at radius 3 is 0.918 bits per heavy atom. The SMILES string of the molecule is C=C(C)C(=O)OCc1ccc(C(=Cc2ccc(N(c3ccc(COC(=O)C(=C)C)cc3)c3ccc(COC(=O)C(=C)C)cc3)cc2)c2ccc(COC(=O)C(=C)C)cc2)cc1. The van der Waals surface area contributed by atoms with Gasteiger partial charge in [0.1, 0.15) is 26.4 Å². The van der Waals surface area contributed by atoms with Gasteiger partial charge in [-0.05, 0) is 115 Å². The van der Waals surface area contributed by atoms with Crippen LogP contribution in [-0.2, 0) is 64.6 Å². The summed E-state index contributed by atoms with van der Waals surface area (Å²) in [6.07, 6.45) is 2.10. The van der Waals surface area contributed by atoms with Crippen LogP contribution in [0.5, 0.6) is 0 Å². The van der Waals surface area contributed by atoms with Crippen molar-refractivity contribution in [2.45, 2.75) is 54.1 Å². The molecule has 0 aliphatic rings. The molecule has 0 atom stereocenters. The molecule has 0 spiro atoms. The molecule has 0 aliphatic heterocycles. The van der Waals surface area contributed by atoms with E-state index in [-0.39, 0.29) is 26.4 Å². The molecule has 0 saturated heterocycles. The molecule has 5 aromatic carbocycles. The van der Waals surface area contributed by atoms with Crippen LogP contribution in [0.2, 0.25) is 0 Å². The van der Waals surface area contributed by atoms with E-state index in [1.807, 2.05) is 121 Å². The molecule has 0 heterocycles. The van der Waals surface area contributed by atoms with Gasteiger partial charge < -0.3 is 23.8 Å². The van der Waals surface area contributed by atoms with E-state index in [0.29, 0.717) is 22.3 Å². The number of ether oxygens (including phenoxy) is 4. The largest absolute Gasteiger partial charge is 0.457 e. The number of hydrogen-bond donors (Lipinski definition) is 0. The zero-order valence-corrected chi connectivity index (χ0v) is 35.0. The predicted octanol–water partition coefficient (Wildman–Crippen LogP) is 11.2. The molecule has 0 radical (unpaired) electrons. The van der Waals surface area contributed by atoms with E-state index in [9.17, 15) is 19.2 Å². The predicted molar refractivity (Wildman–Crippen MR) is 239 cm³/mol. The number of carbonyl (C=O) groups is 4. The molecular formula is C52H49NO8. The maximum atomic E-state index is 12.0. The number of carbonyl (C=O) groups excluding carboxylic acids is 4. The van der Waals surface area contributed by atoms with Crippen LogP contribution in [0.4, 0.5) is 17.1 Å². The quantitative estimate of drug-likeness (QED) is 0.0369. The van der Waals surface area contributed by atoms with Gasteiger partial charge in [0.05, 0.1) is 0 Å². The van der Waals surface area contributed by atoms with Gasteiger partial charge in [0.25, 0.3) is 0 Å². The van der Waals surface area contributed by atoms with Gasteiger partial charge in [0.15, 0.2) is 0 Å². The van der Waals surface area contributed by atoms with Crippen LogP contribution < -0.4 is 4.90 Å². The average molecular weight is 816 g/mol. The monoisotopic (exact) mass is 815 g/mol. The van der Waals surface area contributed by atoms with E-state index in [2.05, 4.69) is 37.3 Å². The molecular weight excluding hydrogens is 767 g/mol. The van der Waals surface area contributed by atoms with Crippen LogP contribution in [0.1, 0.15) is 66.6 Å². The van der Waals surface area contributed by atoms with Crippen molar-refractivity contribution in [3.63, 3.8) is 0 Å². The van der Waals surface area contributed by atoms with Gasteiger partial charge in [-0.1, -0.05) is 111 Å². The second-order valence-corrected chi connectivity index (χ2v) is 14.6. The number of esters is 4. The van der Waals surface area contributed by atoms with Crippen LogP contribution in [0.15, 0.2) is 170 Å². The minimum atomic E-state index is -0.450. The lowest BCUT2D eigenvalue weighted by atomic mass is 9.94. The first kappa shape index (κ1) is 44.6. The van der Waals surface area contributed by atoms with Crippen LogP contribution >= 0.6 is 0 Å². The van der Waals surface area contributed by atoms with Crippen molar-refractivity contribution in [1.82, 2.24) is 0 Å². The normalized spacial score (nSPS) is 10.4. The third-order valence-electron chi connectivity index (χ3n) is 9.25. The molecule has 310 valence electrons. The van der Waals surface area contributed by atoms with Gasteiger partial charge in [0, 0.05) is 39.4 Å². The van der Waals surface area contributed by atoms with Gasteiger partial charge in [-0.15, -0.1) is 0 Å². The van der Waals surface area contributed by atoms with Crippen LogP contribution in [-0.4, -0.2) is 23.9 Å². The second kappa shape index (κ2) is 20.9. The Morgan fingerprint density at radius 1 is 0.410 bits per heavy atom. The third kappa shape index (κ3) is 12.7. The Bertz CT molecular complexity index is 2310. The van der Waals surface area contributed by atoms with Gasteiger partial charge in [-0.2, -0.15) is 0 Å². The molecule has 0 amide bonds. The summed E-state index contributed by atoms with van der Waals surface area (Å²) in [6.45, 7) is 21.5. The smallest absolute Gasteiger partial charge is 0.333 e. The van der Waals surface area contributed by atoms with Crippen molar-refractivity contribution in [2.75, 3.05) is 4.90 Å². The lowest BCUT2D eigenvalue weighted by Gasteiger charge is -2.26. The number of anilines is 3. The Balaban J connectivity index is 1.48. The number of benzene rings is 5. The number of nitrogens with zero attached hydrogens (tertiary/aromatic N) is 1. The first-order valence-electron chi connectivity index (χ1n) is 19.5. The molecule has 0 aliphatic carbocycles. The molecule has 61 heavy (non-hydrogen) atoms. The first-order chi connectivity index (χ1) is 29.2. The van der Waals surface area contributed by atoms with E-state index in [1.165, 1.54) is 0 Å². The summed E-state index contributed by atoms with van der Waals surface area (Å²) in [6, 6.07) is 39.3. The Kier molecular flexibility index (Phi) is 15.3. The highest BCUT2D eigenvalue weighted by molar-refractivity contribution is 5.92. The lowest BCUT2D eigenvalue weighted by molar-refractivity contribution is -0.141. The highest BCUT2D eigenvalue weighted by atomic mass is 16.5. The summed E-state index contributed by atoms with van der Waals surface area (Å²) in [5, 5.41) is 0. The van der Waals surface area contributed by atoms with Crippen LogP contribution in [0.3, 0.4) is 0 Å². The van der Waals surface area contributed by atoms with Crippen molar-refractivity contribution >= 4 is 52.6 Å². The highest BCUT2D eigenvalue weighted by Crippen LogP contribution is 2.36. The summed E-state index contributed by atoms with van der Waals surface area (Å²) < 4.78 is 21.4. The maximum Gasteiger partial charge on any atom is 0.333 e. The standard InChI is InChI=1S/C52H49NO8/c1-34(2)49(54)58-30-39-9-19-43(20-10-39)48(44-21-11-40(12-22-44)31-59-50(55)35(3)4)29-38-13-23-45(24-14-38)53(46-25-15-41(16-26-46)32-60-51(56)36(5)6)47-27-17-42(18-28-47)33-61-52(57)37(7)8/h9-29H,1,3,5,7,30-33H2,2,4,6,8H3. The number of hydrogen-bond acceptors (Lipinski definition) is 9. The van der Waals surface area contributed by atoms with Crippen molar-refractivity contribution in [3.8, 4) is 0 Å². The van der Waals surface area contributed by atoms with Crippen molar-refractivity contribution < 1.29 is 38.1 Å². The molecule has 9 nitrogen and oxygen atoms in total. The fraction of sp³-hybridized carbons (Fsp3) is 0.154. The Labute approximate surface area is 357 Å². The maximum absolute atomic E-state index is 12.0. The lowest BCUT2D eigenvalue weighted by Crippen LogP contribution is -2.11. The Hall–Kier alpha value is -7.52. The van der Waals surface area contributed by atoms with Crippen LogP contribution in [0.25, 0.3) is 11.6 Å². The fourth-order valence-corrected chi connectivity index (χ4v) is 5.80. The summed E-state index contributed by atoms with van der Waals surface area (Å²) in [7, 11) is 0. The van der Waals surface area contributed by atoms with Crippen molar-refractivity contribution in [2.24, 2.45) is 0 Å². The average Bonchev–Trinajstić information content (AvgIpc) is 3.26. The molecule has 5 aromatic rings. The zero-order valence-electron chi connectivity index (χ0n) is 35.0. The topological polar surface area (TPSA) is 108 Å². The van der Waals surface area contributed by atoms with Crippen molar-refractivity contribution in [1.29, 1.82) is 0 Å². The second-order valence-electron chi connectivity index (χ2n) is 14.6. The van der Waals surface area contributed by atoms with E-state index in [1.54, 1.807) is 27.7 Å². The first-order valence-corrected chi connectivity index (χ1v) is 19.5. The van der Waals surface area contributed by atoms with E-state index in [0.717, 1.165) is 61.6 Å². The van der Waals surface area contributed by atoms with Gasteiger partial charge in [-0.3, -0.25) is 0 Å². The van der Waals surface area contributed by atoms with Gasteiger partial charge >= 0.3 is 23.9 Å². The van der Waals surface area contributed by atoms with E-state index < -0.39 is 23.9 Å². The minimum Gasteiger partial charge on any atom is -0.457 e. The molecule has 0 N–H and O–H groups in total. The zero-order chi connectivity index (χ0) is 44.1. The van der Waals surface area contributed by atoms with Gasteiger partial charge in [0.2, 0.25) is 0 Å². The molecule has 0 saturated carbocycles. The summed E-state index contributed by atoms with van der Waals surface area (Å²) in [5.41, 5.74) is 11.0. The van der Waals surface area contributed by atoms with E-state index in [4.69, 9.17) is 18.9 Å². The molecule has 0 fully saturated rings. The summed E-state index contributed by atoms with van der Waals surface area (Å²) in [5.74, 6) is -1.79. The molecule has 9 heteroatoms. The molecule has 0 bridgehead atoms. The van der Waals surface area contributed by atoms with Gasteiger partial charge in [-0.25, -0.2) is 19.2 Å². The van der Waals surface area contributed by atoms with Crippen molar-refractivity contribution in [3.05, 3.63) is 209 Å². The molecule has 5 rings (SSSR count). The molecule has 0 unspecified atom stereocenters. The summed E-state index contributed by atoms with van der Waals surface area (Å²) >= 11 is 0. The van der Waals surface area contributed by atoms with E-state index >= 15 is 0 Å². The fourth-order valence-electron chi connectivity index (χ4n) is 5.80. The third-order valence-corrected chi connectivity index (χ3v) is 9.25. The Morgan fingerprint density at radius 2 is 0.656 bits per heavy atom.